The molecule has 30 heavy (non-hydrogen) atoms. The van der Waals surface area contributed by atoms with Gasteiger partial charge in [-0.15, -0.1) is 0 Å². The van der Waals surface area contributed by atoms with Crippen molar-refractivity contribution in [3.8, 4) is 0 Å². The van der Waals surface area contributed by atoms with Gasteiger partial charge in [0.1, 0.15) is 23.6 Å². The highest BCUT2D eigenvalue weighted by molar-refractivity contribution is 5.95. The van der Waals surface area contributed by atoms with Crippen molar-refractivity contribution in [2.75, 3.05) is 35.7 Å². The standard InChI is InChI=1S/C21H26FN7O/c1-12(2)14-9-26-20(23-3)15-10-25-19(8-13(14)15)27-18-4-6-24-21(28-18)29-7-5-17(30)16(22)11-29/h4,6,8-10,12,16-17,30H,5,7,11H2,1-3H3,(H,23,26)(H,24,25,27,28). The van der Waals surface area contributed by atoms with Crippen molar-refractivity contribution in [2.24, 2.45) is 0 Å². The van der Waals surface area contributed by atoms with Crippen molar-refractivity contribution in [1.82, 2.24) is 19.9 Å². The Hall–Kier alpha value is -3.07. The number of aromatic nitrogens is 4. The third kappa shape index (κ3) is 3.97. The summed E-state index contributed by atoms with van der Waals surface area (Å²) >= 11 is 0. The van der Waals surface area contributed by atoms with Crippen LogP contribution in [0.2, 0.25) is 0 Å². The fraction of sp³-hybridized carbons (Fsp3) is 0.429. The molecule has 2 atom stereocenters. The molecule has 2 unspecified atom stereocenters. The number of alkyl halides is 1. The molecule has 3 aromatic rings. The maximum Gasteiger partial charge on any atom is 0.227 e. The average Bonchev–Trinajstić information content (AvgIpc) is 2.74. The first kappa shape index (κ1) is 20.2. The van der Waals surface area contributed by atoms with Crippen molar-refractivity contribution in [1.29, 1.82) is 0 Å². The number of halogens is 1. The second-order valence-corrected chi connectivity index (χ2v) is 7.77. The second kappa shape index (κ2) is 8.35. The summed E-state index contributed by atoms with van der Waals surface area (Å²) in [5, 5.41) is 18.0. The number of anilines is 4. The molecule has 8 nitrogen and oxygen atoms in total. The lowest BCUT2D eigenvalue weighted by molar-refractivity contribution is 0.0612. The highest BCUT2D eigenvalue weighted by Crippen LogP contribution is 2.30. The van der Waals surface area contributed by atoms with Crippen molar-refractivity contribution < 1.29 is 9.50 Å². The smallest absolute Gasteiger partial charge is 0.227 e. The highest BCUT2D eigenvalue weighted by atomic mass is 19.1. The van der Waals surface area contributed by atoms with Gasteiger partial charge in [0, 0.05) is 37.6 Å². The first-order chi connectivity index (χ1) is 14.5. The molecule has 4 rings (SSSR count). The summed E-state index contributed by atoms with van der Waals surface area (Å²) in [5.41, 5.74) is 1.14. The predicted molar refractivity (Wildman–Crippen MR) is 116 cm³/mol. The molecular formula is C21H26FN7O. The molecule has 3 N–H and O–H groups in total. The molecule has 0 aliphatic carbocycles. The highest BCUT2D eigenvalue weighted by Gasteiger charge is 2.28. The van der Waals surface area contributed by atoms with Crippen LogP contribution < -0.4 is 15.5 Å². The Morgan fingerprint density at radius 1 is 1.17 bits per heavy atom. The van der Waals surface area contributed by atoms with E-state index < -0.39 is 12.3 Å². The maximum atomic E-state index is 13.9. The van der Waals surface area contributed by atoms with E-state index in [0.29, 0.717) is 36.5 Å². The van der Waals surface area contributed by atoms with Gasteiger partial charge in [0.25, 0.3) is 0 Å². The predicted octanol–water partition coefficient (Wildman–Crippen LogP) is 3.24. The van der Waals surface area contributed by atoms with Crippen LogP contribution in [0.25, 0.3) is 10.8 Å². The molecule has 0 saturated carbocycles. The summed E-state index contributed by atoms with van der Waals surface area (Å²) in [6.45, 7) is 4.86. The fourth-order valence-corrected chi connectivity index (χ4v) is 3.66. The van der Waals surface area contributed by atoms with Gasteiger partial charge in [0.05, 0.1) is 12.6 Å². The van der Waals surface area contributed by atoms with Crippen LogP contribution in [0.4, 0.5) is 27.8 Å². The fourth-order valence-electron chi connectivity index (χ4n) is 3.66. The molecule has 158 valence electrons. The van der Waals surface area contributed by atoms with Crippen LogP contribution in [0, 0.1) is 0 Å². The molecule has 1 aliphatic heterocycles. The number of pyridine rings is 2. The van der Waals surface area contributed by atoms with Gasteiger partial charge in [-0.2, -0.15) is 4.98 Å². The zero-order valence-electron chi connectivity index (χ0n) is 17.3. The molecule has 0 bridgehead atoms. The van der Waals surface area contributed by atoms with Gasteiger partial charge in [0.2, 0.25) is 5.95 Å². The summed E-state index contributed by atoms with van der Waals surface area (Å²) in [7, 11) is 1.84. The normalized spacial score (nSPS) is 19.3. The Kier molecular flexibility index (Phi) is 5.63. The van der Waals surface area contributed by atoms with E-state index in [1.807, 2.05) is 19.3 Å². The lowest BCUT2D eigenvalue weighted by atomic mass is 9.99. The minimum absolute atomic E-state index is 0.0797. The van der Waals surface area contributed by atoms with Gasteiger partial charge in [0.15, 0.2) is 0 Å². The average molecular weight is 411 g/mol. The number of rotatable bonds is 5. The lowest BCUT2D eigenvalue weighted by Gasteiger charge is -2.32. The van der Waals surface area contributed by atoms with E-state index in [1.165, 1.54) is 0 Å². The number of piperidine rings is 1. The Bertz CT molecular complexity index is 1050. The molecule has 1 saturated heterocycles. The van der Waals surface area contributed by atoms with Crippen molar-refractivity contribution >= 4 is 34.2 Å². The molecule has 0 radical (unpaired) electrons. The van der Waals surface area contributed by atoms with Gasteiger partial charge in [-0.25, -0.2) is 19.3 Å². The van der Waals surface area contributed by atoms with Gasteiger partial charge >= 0.3 is 0 Å². The van der Waals surface area contributed by atoms with Crippen LogP contribution in [0.1, 0.15) is 31.7 Å². The Morgan fingerprint density at radius 2 is 2.00 bits per heavy atom. The van der Waals surface area contributed by atoms with Gasteiger partial charge < -0.3 is 20.6 Å². The molecular weight excluding hydrogens is 385 g/mol. The van der Waals surface area contributed by atoms with E-state index in [2.05, 4.69) is 44.4 Å². The minimum Gasteiger partial charge on any atom is -0.390 e. The van der Waals surface area contributed by atoms with Crippen molar-refractivity contribution in [3.63, 3.8) is 0 Å². The van der Waals surface area contributed by atoms with E-state index in [0.717, 1.165) is 22.2 Å². The quantitative estimate of drug-likeness (QED) is 0.589. The summed E-state index contributed by atoms with van der Waals surface area (Å²) in [6.07, 6.45) is 3.45. The van der Waals surface area contributed by atoms with Gasteiger partial charge in [-0.05, 0) is 35.4 Å². The lowest BCUT2D eigenvalue weighted by Crippen LogP contribution is -2.45. The Morgan fingerprint density at radius 3 is 2.73 bits per heavy atom. The summed E-state index contributed by atoms with van der Waals surface area (Å²) in [5.74, 6) is 2.75. The summed E-state index contributed by atoms with van der Waals surface area (Å²) < 4.78 is 13.9. The number of nitrogens with one attached hydrogen (secondary N) is 2. The number of aliphatic hydroxyl groups is 1. The summed E-state index contributed by atoms with van der Waals surface area (Å²) in [4.78, 5) is 19.5. The number of fused-ring (bicyclic) bond motifs is 1. The van der Waals surface area contributed by atoms with Crippen LogP contribution >= 0.6 is 0 Å². The van der Waals surface area contributed by atoms with Crippen LogP contribution in [0.5, 0.6) is 0 Å². The van der Waals surface area contributed by atoms with Crippen LogP contribution in [-0.2, 0) is 0 Å². The van der Waals surface area contributed by atoms with E-state index >= 15 is 0 Å². The maximum absolute atomic E-state index is 13.9. The monoisotopic (exact) mass is 411 g/mol. The van der Waals surface area contributed by atoms with Gasteiger partial charge in [-0.3, -0.25) is 0 Å². The largest absolute Gasteiger partial charge is 0.390 e. The van der Waals surface area contributed by atoms with Crippen molar-refractivity contribution in [2.45, 2.75) is 38.5 Å². The molecule has 0 spiro atoms. The van der Waals surface area contributed by atoms with Crippen LogP contribution in [-0.4, -0.2) is 57.5 Å². The van der Waals surface area contributed by atoms with E-state index in [1.54, 1.807) is 23.4 Å². The molecule has 1 aliphatic rings. The topological polar surface area (TPSA) is 99.1 Å². The zero-order valence-corrected chi connectivity index (χ0v) is 17.3. The van der Waals surface area contributed by atoms with Crippen LogP contribution in [0.3, 0.4) is 0 Å². The molecule has 0 amide bonds. The molecule has 1 fully saturated rings. The number of hydrogen-bond acceptors (Lipinski definition) is 8. The van der Waals surface area contributed by atoms with E-state index in [4.69, 9.17) is 0 Å². The molecule has 3 aromatic heterocycles. The first-order valence-electron chi connectivity index (χ1n) is 10.1. The second-order valence-electron chi connectivity index (χ2n) is 7.77. The Balaban J connectivity index is 1.62. The van der Waals surface area contributed by atoms with Crippen LogP contribution in [0.15, 0.2) is 30.7 Å². The molecule has 0 aromatic carbocycles. The number of hydrogen-bond donors (Lipinski definition) is 3. The minimum atomic E-state index is -1.30. The van der Waals surface area contributed by atoms with E-state index in [-0.39, 0.29) is 6.54 Å². The third-order valence-electron chi connectivity index (χ3n) is 5.35. The summed E-state index contributed by atoms with van der Waals surface area (Å²) in [6, 6.07) is 3.74. The van der Waals surface area contributed by atoms with E-state index in [9.17, 15) is 9.50 Å². The third-order valence-corrected chi connectivity index (χ3v) is 5.35. The molecule has 4 heterocycles. The van der Waals surface area contributed by atoms with Gasteiger partial charge in [-0.1, -0.05) is 13.8 Å². The SMILES string of the molecule is CNc1ncc(C(C)C)c2cc(Nc3ccnc(N4CCC(O)C(F)C4)n3)ncc12. The first-order valence-corrected chi connectivity index (χ1v) is 10.1. The Labute approximate surface area is 174 Å². The number of nitrogens with zero attached hydrogens (tertiary/aromatic N) is 5. The van der Waals surface area contributed by atoms with Crippen molar-refractivity contribution in [3.05, 3.63) is 36.3 Å². The molecule has 9 heteroatoms. The number of aliphatic hydroxyl groups excluding tert-OH is 1. The zero-order chi connectivity index (χ0) is 21.3.